The van der Waals surface area contributed by atoms with Crippen LogP contribution in [-0.4, -0.2) is 16.5 Å². The van der Waals surface area contributed by atoms with Crippen LogP contribution in [0.2, 0.25) is 10.0 Å². The molecule has 0 unspecified atom stereocenters. The largest absolute Gasteiger partial charge is 0.369 e. The van der Waals surface area contributed by atoms with Crippen molar-refractivity contribution in [3.05, 3.63) is 28.0 Å². The Balaban J connectivity index is 2.67. The van der Waals surface area contributed by atoms with E-state index in [2.05, 4.69) is 15.3 Å². The molecular weight excluding hydrogens is 295 g/mol. The molecule has 7 heteroatoms. The average molecular weight is 306 g/mol. The van der Waals surface area contributed by atoms with Crippen LogP contribution < -0.4 is 5.32 Å². The van der Waals surface area contributed by atoms with Gasteiger partial charge in [0.25, 0.3) is 6.43 Å². The van der Waals surface area contributed by atoms with Gasteiger partial charge in [-0.2, -0.15) is 0 Å². The Bertz CT molecular complexity index is 605. The average Bonchev–Trinajstić information content (AvgIpc) is 2.35. The van der Waals surface area contributed by atoms with Gasteiger partial charge >= 0.3 is 0 Å². The van der Waals surface area contributed by atoms with Crippen molar-refractivity contribution in [2.75, 3.05) is 11.9 Å². The number of nitrogens with one attached hydrogen (secondary N) is 1. The molecule has 0 bridgehead atoms. The minimum atomic E-state index is -2.75. The highest BCUT2D eigenvalue weighted by Gasteiger charge is 2.17. The van der Waals surface area contributed by atoms with E-state index in [1.54, 1.807) is 6.07 Å². The number of nitrogens with zero attached hydrogens (tertiary/aromatic N) is 2. The molecule has 0 atom stereocenters. The third kappa shape index (κ3) is 3.04. The molecule has 0 amide bonds. The summed E-state index contributed by atoms with van der Waals surface area (Å²) in [5, 5.41) is 4.16. The summed E-state index contributed by atoms with van der Waals surface area (Å²) in [6, 6.07) is 3.08. The second-order valence-corrected chi connectivity index (χ2v) is 4.79. The fourth-order valence-corrected chi connectivity index (χ4v) is 2.19. The molecule has 1 heterocycles. The van der Waals surface area contributed by atoms with Crippen molar-refractivity contribution in [2.24, 2.45) is 0 Å². The molecule has 0 fully saturated rings. The summed E-state index contributed by atoms with van der Waals surface area (Å²) in [4.78, 5) is 7.62. The molecule has 0 aliphatic carbocycles. The van der Waals surface area contributed by atoms with Crippen molar-refractivity contribution in [2.45, 2.75) is 19.8 Å². The van der Waals surface area contributed by atoms with Crippen molar-refractivity contribution in [1.29, 1.82) is 0 Å². The lowest BCUT2D eigenvalue weighted by atomic mass is 10.2. The summed E-state index contributed by atoms with van der Waals surface area (Å²) in [5.74, 6) is -0.220. The van der Waals surface area contributed by atoms with E-state index in [4.69, 9.17) is 23.2 Å². The van der Waals surface area contributed by atoms with E-state index < -0.39 is 12.2 Å². The van der Waals surface area contributed by atoms with Gasteiger partial charge in [0.1, 0.15) is 5.82 Å². The molecular formula is C12H11Cl2F2N3. The van der Waals surface area contributed by atoms with Crippen LogP contribution in [0.1, 0.15) is 25.6 Å². The van der Waals surface area contributed by atoms with Gasteiger partial charge in [-0.3, -0.25) is 0 Å². The second-order valence-electron chi connectivity index (χ2n) is 3.94. The lowest BCUT2D eigenvalue weighted by Gasteiger charge is -2.11. The summed E-state index contributed by atoms with van der Waals surface area (Å²) in [7, 11) is 0. The molecule has 2 rings (SSSR count). The molecule has 0 saturated carbocycles. The Morgan fingerprint density at radius 1 is 1.26 bits per heavy atom. The summed E-state index contributed by atoms with van der Waals surface area (Å²) >= 11 is 11.9. The molecule has 1 aromatic heterocycles. The summed E-state index contributed by atoms with van der Waals surface area (Å²) in [5.41, 5.74) is 0.273. The first kappa shape index (κ1) is 14.2. The van der Waals surface area contributed by atoms with Crippen LogP contribution in [0.15, 0.2) is 12.1 Å². The standard InChI is InChI=1S/C12H11Cl2F2N3/c1-2-3-17-11-7-4-6(13)5-8(14)9(7)18-12(19-11)10(15)16/h4-5,10H,2-3H2,1H3,(H,17,18,19). The highest BCUT2D eigenvalue weighted by molar-refractivity contribution is 6.38. The van der Waals surface area contributed by atoms with Crippen molar-refractivity contribution in [1.82, 2.24) is 9.97 Å². The number of halogens is 4. The predicted octanol–water partition coefficient (Wildman–Crippen LogP) is 4.70. The van der Waals surface area contributed by atoms with Crippen LogP contribution in [0.5, 0.6) is 0 Å². The van der Waals surface area contributed by atoms with E-state index in [9.17, 15) is 8.78 Å². The third-order valence-corrected chi connectivity index (χ3v) is 2.98. The number of hydrogen-bond donors (Lipinski definition) is 1. The molecule has 1 N–H and O–H groups in total. The third-order valence-electron chi connectivity index (χ3n) is 2.47. The maximum atomic E-state index is 12.8. The normalized spacial score (nSPS) is 11.3. The van der Waals surface area contributed by atoms with E-state index in [-0.39, 0.29) is 10.5 Å². The fourth-order valence-electron chi connectivity index (χ4n) is 1.65. The second kappa shape index (κ2) is 5.84. The first-order chi connectivity index (χ1) is 9.02. The van der Waals surface area contributed by atoms with Crippen LogP contribution in [-0.2, 0) is 0 Å². The number of aromatic nitrogens is 2. The van der Waals surface area contributed by atoms with E-state index in [0.717, 1.165) is 6.42 Å². The van der Waals surface area contributed by atoms with Crippen molar-refractivity contribution < 1.29 is 8.78 Å². The van der Waals surface area contributed by atoms with E-state index in [1.807, 2.05) is 6.92 Å². The monoisotopic (exact) mass is 305 g/mol. The van der Waals surface area contributed by atoms with E-state index >= 15 is 0 Å². The van der Waals surface area contributed by atoms with Gasteiger partial charge in [-0.05, 0) is 18.6 Å². The minimum Gasteiger partial charge on any atom is -0.369 e. The first-order valence-electron chi connectivity index (χ1n) is 5.71. The molecule has 1 aromatic carbocycles. The predicted molar refractivity (Wildman–Crippen MR) is 73.3 cm³/mol. The zero-order valence-electron chi connectivity index (χ0n) is 10.1. The fraction of sp³-hybridized carbons (Fsp3) is 0.333. The molecule has 0 aliphatic heterocycles. The maximum absolute atomic E-state index is 12.8. The molecule has 0 spiro atoms. The summed E-state index contributed by atoms with van der Waals surface area (Å²) in [6.07, 6.45) is -1.91. The highest BCUT2D eigenvalue weighted by Crippen LogP contribution is 2.32. The van der Waals surface area contributed by atoms with Crippen LogP contribution in [0.25, 0.3) is 10.9 Å². The maximum Gasteiger partial charge on any atom is 0.297 e. The van der Waals surface area contributed by atoms with Gasteiger partial charge in [0.15, 0.2) is 5.82 Å². The van der Waals surface area contributed by atoms with Crippen LogP contribution >= 0.6 is 23.2 Å². The topological polar surface area (TPSA) is 37.8 Å². The van der Waals surface area contributed by atoms with E-state index in [1.165, 1.54) is 6.07 Å². The number of benzene rings is 1. The Kier molecular flexibility index (Phi) is 4.37. The molecule has 2 aromatic rings. The Morgan fingerprint density at radius 3 is 2.63 bits per heavy atom. The first-order valence-corrected chi connectivity index (χ1v) is 6.47. The van der Waals surface area contributed by atoms with Gasteiger partial charge in [-0.1, -0.05) is 30.1 Å². The van der Waals surface area contributed by atoms with Crippen LogP contribution in [0.3, 0.4) is 0 Å². The van der Waals surface area contributed by atoms with Crippen molar-refractivity contribution >= 4 is 39.9 Å². The van der Waals surface area contributed by atoms with Gasteiger partial charge in [0, 0.05) is 17.0 Å². The van der Waals surface area contributed by atoms with Gasteiger partial charge in [-0.15, -0.1) is 0 Å². The molecule has 3 nitrogen and oxygen atoms in total. The SMILES string of the molecule is CCCNc1nc(C(F)F)nc2c(Cl)cc(Cl)cc12. The van der Waals surface area contributed by atoms with Crippen molar-refractivity contribution in [3.8, 4) is 0 Å². The van der Waals surface area contributed by atoms with Gasteiger partial charge in [0.05, 0.1) is 10.5 Å². The number of fused-ring (bicyclic) bond motifs is 1. The van der Waals surface area contributed by atoms with Gasteiger partial charge in [0.2, 0.25) is 0 Å². The number of rotatable bonds is 4. The highest BCUT2D eigenvalue weighted by atomic mass is 35.5. The quantitative estimate of drug-likeness (QED) is 0.890. The number of alkyl halides is 2. The zero-order valence-corrected chi connectivity index (χ0v) is 11.6. The van der Waals surface area contributed by atoms with Crippen LogP contribution in [0, 0.1) is 0 Å². The lowest BCUT2D eigenvalue weighted by molar-refractivity contribution is 0.141. The van der Waals surface area contributed by atoms with Gasteiger partial charge in [-0.25, -0.2) is 18.7 Å². The number of anilines is 1. The summed E-state index contributed by atoms with van der Waals surface area (Å²) < 4.78 is 25.6. The molecule has 19 heavy (non-hydrogen) atoms. The Hall–Kier alpha value is -1.20. The molecule has 102 valence electrons. The molecule has 0 radical (unpaired) electrons. The Morgan fingerprint density at radius 2 is 2.00 bits per heavy atom. The molecule has 0 saturated heterocycles. The van der Waals surface area contributed by atoms with Crippen molar-refractivity contribution in [3.63, 3.8) is 0 Å². The smallest absolute Gasteiger partial charge is 0.297 e. The molecule has 0 aliphatic rings. The summed E-state index contributed by atoms with van der Waals surface area (Å²) in [6.45, 7) is 2.57. The minimum absolute atomic E-state index is 0.228. The Labute approximate surface area is 118 Å². The zero-order chi connectivity index (χ0) is 14.0. The lowest BCUT2D eigenvalue weighted by Crippen LogP contribution is -2.06. The van der Waals surface area contributed by atoms with Gasteiger partial charge < -0.3 is 5.32 Å². The van der Waals surface area contributed by atoms with E-state index in [0.29, 0.717) is 22.8 Å². The number of hydrogen-bond acceptors (Lipinski definition) is 3. The van der Waals surface area contributed by atoms with Crippen LogP contribution in [0.4, 0.5) is 14.6 Å².